The van der Waals surface area contributed by atoms with E-state index in [-0.39, 0.29) is 17.1 Å². The number of hydrogen-bond donors (Lipinski definition) is 1. The van der Waals surface area contributed by atoms with Gasteiger partial charge in [0, 0.05) is 6.54 Å². The van der Waals surface area contributed by atoms with Crippen molar-refractivity contribution in [1.82, 2.24) is 10.2 Å². The summed E-state index contributed by atoms with van der Waals surface area (Å²) in [4.78, 5) is 15.5. The van der Waals surface area contributed by atoms with E-state index in [1.807, 2.05) is 37.4 Å². The summed E-state index contributed by atoms with van der Waals surface area (Å²) in [5.41, 5.74) is -0.737. The van der Waals surface area contributed by atoms with E-state index in [0.29, 0.717) is 13.0 Å². The molecule has 0 unspecified atom stereocenters. The number of nitrogens with one attached hydrogen (secondary N) is 1. The maximum Gasteiger partial charge on any atom is 0.416 e. The molecule has 0 aromatic heterocycles. The van der Waals surface area contributed by atoms with Gasteiger partial charge in [0.2, 0.25) is 0 Å². The van der Waals surface area contributed by atoms with E-state index >= 15 is 0 Å². The Balaban J connectivity index is 2.04. The lowest BCUT2D eigenvalue weighted by Gasteiger charge is -2.42. The zero-order valence-corrected chi connectivity index (χ0v) is 17.2. The molecule has 0 spiro atoms. The lowest BCUT2D eigenvalue weighted by molar-refractivity contribution is -0.137. The van der Waals surface area contributed by atoms with Crippen molar-refractivity contribution >= 4 is 5.91 Å². The van der Waals surface area contributed by atoms with Crippen LogP contribution in [0.1, 0.15) is 34.3 Å². The number of nitrogens with zero attached hydrogens (tertiary/aromatic N) is 1. The molecule has 1 fully saturated rings. The van der Waals surface area contributed by atoms with E-state index in [9.17, 15) is 18.0 Å². The minimum atomic E-state index is -4.59. The van der Waals surface area contributed by atoms with E-state index < -0.39 is 23.2 Å². The molecule has 2 aromatic carbocycles. The molecule has 1 saturated heterocycles. The van der Waals surface area contributed by atoms with Crippen molar-refractivity contribution in [1.29, 1.82) is 0 Å². The molecule has 0 saturated carbocycles. The summed E-state index contributed by atoms with van der Waals surface area (Å²) in [5.74, 6) is -0.922. The Labute approximate surface area is 173 Å². The number of alkyl halides is 3. The van der Waals surface area contributed by atoms with Gasteiger partial charge < -0.3 is 19.7 Å². The number of carbonyl (C=O) groups excluding carboxylic acids is 1. The molecule has 3 rings (SSSR count). The van der Waals surface area contributed by atoms with Gasteiger partial charge in [0.25, 0.3) is 5.91 Å². The first kappa shape index (κ1) is 22.0. The highest BCUT2D eigenvalue weighted by Gasteiger charge is 2.40. The SMILES string of the molecule is COc1cc(C(F)(F)F)cc(OC)c1C(=O)N[C@@]1(c2ccccc2)CCCN(C)C1. The summed E-state index contributed by atoms with van der Waals surface area (Å²) in [6.07, 6.45) is -3.02. The largest absolute Gasteiger partial charge is 0.496 e. The monoisotopic (exact) mass is 422 g/mol. The van der Waals surface area contributed by atoms with Crippen molar-refractivity contribution in [3.63, 3.8) is 0 Å². The van der Waals surface area contributed by atoms with Crippen LogP contribution in [0.5, 0.6) is 11.5 Å². The van der Waals surface area contributed by atoms with Crippen LogP contribution in [0.15, 0.2) is 42.5 Å². The Morgan fingerprint density at radius 3 is 2.20 bits per heavy atom. The molecule has 0 bridgehead atoms. The number of amides is 1. The summed E-state index contributed by atoms with van der Waals surface area (Å²) in [6.45, 7) is 1.48. The first-order chi connectivity index (χ1) is 14.2. The Morgan fingerprint density at radius 1 is 1.10 bits per heavy atom. The third-order valence-electron chi connectivity index (χ3n) is 5.42. The van der Waals surface area contributed by atoms with Crippen LogP contribution in [-0.2, 0) is 11.7 Å². The summed E-state index contributed by atoms with van der Waals surface area (Å²) >= 11 is 0. The second-order valence-electron chi connectivity index (χ2n) is 7.50. The van der Waals surface area contributed by atoms with Crippen molar-refractivity contribution in [2.24, 2.45) is 0 Å². The number of benzene rings is 2. The Bertz CT molecular complexity index is 877. The molecule has 162 valence electrons. The third-order valence-corrected chi connectivity index (χ3v) is 5.42. The van der Waals surface area contributed by atoms with Crippen LogP contribution in [0, 0.1) is 0 Å². The summed E-state index contributed by atoms with van der Waals surface area (Å²) < 4.78 is 50.0. The van der Waals surface area contributed by atoms with Crippen molar-refractivity contribution in [3.05, 3.63) is 59.2 Å². The lowest BCUT2D eigenvalue weighted by atomic mass is 9.82. The van der Waals surface area contributed by atoms with E-state index in [2.05, 4.69) is 10.2 Å². The summed E-state index contributed by atoms with van der Waals surface area (Å²) in [5, 5.41) is 3.08. The normalized spacial score (nSPS) is 19.9. The van der Waals surface area contributed by atoms with Crippen molar-refractivity contribution in [3.8, 4) is 11.5 Å². The van der Waals surface area contributed by atoms with Crippen molar-refractivity contribution in [2.75, 3.05) is 34.4 Å². The Hall–Kier alpha value is -2.74. The van der Waals surface area contributed by atoms with E-state index in [4.69, 9.17) is 9.47 Å². The number of ether oxygens (including phenoxy) is 2. The van der Waals surface area contributed by atoms with Crippen LogP contribution in [-0.4, -0.2) is 45.2 Å². The predicted octanol–water partition coefficient (Wildman–Crippen LogP) is 4.07. The molecule has 0 radical (unpaired) electrons. The quantitative estimate of drug-likeness (QED) is 0.789. The average molecular weight is 422 g/mol. The summed E-state index contributed by atoms with van der Waals surface area (Å²) in [7, 11) is 4.43. The van der Waals surface area contributed by atoms with Gasteiger partial charge in [0.05, 0.1) is 25.3 Å². The maximum atomic E-state index is 13.3. The van der Waals surface area contributed by atoms with Gasteiger partial charge in [0.1, 0.15) is 17.1 Å². The number of hydrogen-bond acceptors (Lipinski definition) is 4. The standard InChI is InChI=1S/C22H25F3N2O3/c1-27-11-7-10-21(14-27,15-8-5-4-6-9-15)26-20(28)19-17(29-2)12-16(22(23,24)25)13-18(19)30-3/h4-6,8-9,12-13H,7,10-11,14H2,1-3H3,(H,26,28)/t21-/m0/s1. The van der Waals surface area contributed by atoms with Crippen LogP contribution in [0.25, 0.3) is 0 Å². The van der Waals surface area contributed by atoms with Crippen LogP contribution in [0.4, 0.5) is 13.2 Å². The Morgan fingerprint density at radius 2 is 1.70 bits per heavy atom. The van der Waals surface area contributed by atoms with Gasteiger partial charge in [-0.05, 0) is 44.1 Å². The highest BCUT2D eigenvalue weighted by Crippen LogP contribution is 2.39. The minimum absolute atomic E-state index is 0.0588. The molecule has 1 heterocycles. The number of methoxy groups -OCH3 is 2. The van der Waals surface area contributed by atoms with Crippen molar-refractivity contribution in [2.45, 2.75) is 24.6 Å². The van der Waals surface area contributed by atoms with Crippen molar-refractivity contribution < 1.29 is 27.4 Å². The van der Waals surface area contributed by atoms with Gasteiger partial charge in [-0.3, -0.25) is 4.79 Å². The molecule has 5 nitrogen and oxygen atoms in total. The van der Waals surface area contributed by atoms with Crippen LogP contribution < -0.4 is 14.8 Å². The predicted molar refractivity (Wildman–Crippen MR) is 107 cm³/mol. The molecule has 30 heavy (non-hydrogen) atoms. The van der Waals surface area contributed by atoms with Gasteiger partial charge in [-0.1, -0.05) is 30.3 Å². The first-order valence-corrected chi connectivity index (χ1v) is 9.60. The molecule has 1 N–H and O–H groups in total. The number of halogens is 3. The number of likely N-dealkylation sites (N-methyl/N-ethyl adjacent to an activating group) is 1. The first-order valence-electron chi connectivity index (χ1n) is 9.60. The highest BCUT2D eigenvalue weighted by atomic mass is 19.4. The van der Waals surface area contributed by atoms with Crippen LogP contribution in [0.2, 0.25) is 0 Å². The topological polar surface area (TPSA) is 50.8 Å². The third kappa shape index (κ3) is 4.38. The molecule has 2 aromatic rings. The lowest BCUT2D eigenvalue weighted by Crippen LogP contribution is -2.55. The molecule has 0 aliphatic carbocycles. The van der Waals surface area contributed by atoms with Gasteiger partial charge in [-0.25, -0.2) is 0 Å². The van der Waals surface area contributed by atoms with Gasteiger partial charge >= 0.3 is 6.18 Å². The number of piperidine rings is 1. The molecule has 1 aliphatic heterocycles. The highest BCUT2D eigenvalue weighted by molar-refractivity contribution is 6.00. The van der Waals surface area contributed by atoms with Crippen LogP contribution >= 0.6 is 0 Å². The number of likely N-dealkylation sites (tertiary alicyclic amines) is 1. The average Bonchev–Trinajstić information content (AvgIpc) is 2.72. The molecular weight excluding hydrogens is 397 g/mol. The zero-order valence-electron chi connectivity index (χ0n) is 17.2. The molecule has 8 heteroatoms. The number of carbonyl (C=O) groups is 1. The molecule has 1 aliphatic rings. The zero-order chi connectivity index (χ0) is 21.9. The fourth-order valence-corrected chi connectivity index (χ4v) is 4.02. The fraction of sp³-hybridized carbons (Fsp3) is 0.409. The molecule has 1 atom stereocenters. The van der Waals surface area contributed by atoms with Crippen LogP contribution in [0.3, 0.4) is 0 Å². The Kier molecular flexibility index (Phi) is 6.26. The second kappa shape index (κ2) is 8.55. The summed E-state index contributed by atoms with van der Waals surface area (Å²) in [6, 6.07) is 11.2. The van der Waals surface area contributed by atoms with Gasteiger partial charge in [-0.2, -0.15) is 13.2 Å². The minimum Gasteiger partial charge on any atom is -0.496 e. The number of rotatable bonds is 5. The van der Waals surface area contributed by atoms with E-state index in [1.165, 1.54) is 14.2 Å². The van der Waals surface area contributed by atoms with E-state index in [1.54, 1.807) is 0 Å². The van der Waals surface area contributed by atoms with Gasteiger partial charge in [-0.15, -0.1) is 0 Å². The van der Waals surface area contributed by atoms with E-state index in [0.717, 1.165) is 30.7 Å². The smallest absolute Gasteiger partial charge is 0.416 e. The van der Waals surface area contributed by atoms with Gasteiger partial charge in [0.15, 0.2) is 0 Å². The molecule has 1 amide bonds. The second-order valence-corrected chi connectivity index (χ2v) is 7.50. The maximum absolute atomic E-state index is 13.3. The molecular formula is C22H25F3N2O3. The fourth-order valence-electron chi connectivity index (χ4n) is 4.02.